The first-order valence-electron chi connectivity index (χ1n) is 5.91. The summed E-state index contributed by atoms with van der Waals surface area (Å²) < 4.78 is 48.5. The predicted octanol–water partition coefficient (Wildman–Crippen LogP) is 1.82. The Morgan fingerprint density at radius 2 is 1.85 bits per heavy atom. The second kappa shape index (κ2) is 3.94. The normalized spacial score (nSPS) is 18.8. The van der Waals surface area contributed by atoms with Gasteiger partial charge in [-0.15, -0.1) is 0 Å². The second-order valence-electron chi connectivity index (χ2n) is 4.83. The number of rotatable bonds is 2. The minimum atomic E-state index is -4.46. The maximum atomic E-state index is 12.8. The van der Waals surface area contributed by atoms with Crippen LogP contribution in [0.1, 0.15) is 23.2 Å². The summed E-state index contributed by atoms with van der Waals surface area (Å²) in [6.07, 6.45) is -4.70. The molecule has 2 aliphatic rings. The smallest absolute Gasteiger partial charge is 0.411 e. The van der Waals surface area contributed by atoms with Gasteiger partial charge in [-0.2, -0.15) is 13.2 Å². The van der Waals surface area contributed by atoms with E-state index in [0.717, 1.165) is 0 Å². The first-order valence-corrected chi connectivity index (χ1v) is 5.91. The zero-order valence-electron chi connectivity index (χ0n) is 10.2. The minimum Gasteiger partial charge on any atom is -0.454 e. The fourth-order valence-corrected chi connectivity index (χ4v) is 2.04. The number of hydrogen-bond donors (Lipinski definition) is 2. The quantitative estimate of drug-likeness (QED) is 0.814. The molecular weight excluding hydrogens is 277 g/mol. The van der Waals surface area contributed by atoms with E-state index in [-0.39, 0.29) is 30.9 Å². The van der Waals surface area contributed by atoms with Crippen molar-refractivity contribution in [1.29, 1.82) is 0 Å². The third-order valence-corrected chi connectivity index (χ3v) is 3.43. The molecule has 1 aliphatic heterocycles. The highest BCUT2D eigenvalue weighted by atomic mass is 19.4. The number of benzene rings is 1. The van der Waals surface area contributed by atoms with E-state index in [1.165, 1.54) is 12.1 Å². The molecule has 1 amide bonds. The van der Waals surface area contributed by atoms with Gasteiger partial charge in [0.05, 0.1) is 5.56 Å². The highest BCUT2D eigenvalue weighted by molar-refractivity contribution is 6.00. The molecule has 1 heterocycles. The second-order valence-corrected chi connectivity index (χ2v) is 4.83. The van der Waals surface area contributed by atoms with Gasteiger partial charge in [-0.3, -0.25) is 4.79 Å². The molecule has 3 rings (SSSR count). The van der Waals surface area contributed by atoms with Gasteiger partial charge in [0.15, 0.2) is 11.5 Å². The Labute approximate surface area is 111 Å². The van der Waals surface area contributed by atoms with Crippen LogP contribution >= 0.6 is 0 Å². The molecule has 108 valence electrons. The summed E-state index contributed by atoms with van der Waals surface area (Å²) in [7, 11) is 0. The molecule has 1 aromatic carbocycles. The summed E-state index contributed by atoms with van der Waals surface area (Å²) in [5.41, 5.74) is 3.54. The van der Waals surface area contributed by atoms with Crippen molar-refractivity contribution in [2.45, 2.75) is 24.6 Å². The van der Waals surface area contributed by atoms with Gasteiger partial charge in [0, 0.05) is 11.8 Å². The van der Waals surface area contributed by atoms with Gasteiger partial charge in [-0.25, -0.2) is 0 Å². The monoisotopic (exact) mass is 288 g/mol. The van der Waals surface area contributed by atoms with Crippen LogP contribution in [0.3, 0.4) is 0 Å². The maximum absolute atomic E-state index is 12.8. The summed E-state index contributed by atoms with van der Waals surface area (Å²) in [6, 6.07) is 2.66. The number of halogens is 3. The predicted molar refractivity (Wildman–Crippen MR) is 62.5 cm³/mol. The third-order valence-electron chi connectivity index (χ3n) is 3.43. The van der Waals surface area contributed by atoms with Gasteiger partial charge in [0.25, 0.3) is 5.91 Å². The minimum absolute atomic E-state index is 0.00760. The lowest BCUT2D eigenvalue weighted by molar-refractivity contribution is -0.163. The number of anilines is 1. The van der Waals surface area contributed by atoms with E-state index in [4.69, 9.17) is 15.2 Å². The number of carbonyl (C=O) groups is 1. The molecular formula is C12H11F3N2O3. The summed E-state index contributed by atoms with van der Waals surface area (Å²) in [5, 5.41) is 2.02. The zero-order chi connectivity index (χ0) is 14.5. The number of carbonyl (C=O) groups excluding carboxylic acids is 1. The van der Waals surface area contributed by atoms with Crippen molar-refractivity contribution >= 4 is 11.6 Å². The Balaban J connectivity index is 1.85. The lowest BCUT2D eigenvalue weighted by Gasteiger charge is -2.21. The number of amides is 1. The van der Waals surface area contributed by atoms with Crippen molar-refractivity contribution < 1.29 is 27.4 Å². The largest absolute Gasteiger partial charge is 0.454 e. The Hall–Kier alpha value is -2.12. The van der Waals surface area contributed by atoms with Crippen LogP contribution in [-0.4, -0.2) is 24.4 Å². The number of fused-ring (bicyclic) bond motifs is 1. The topological polar surface area (TPSA) is 73.6 Å². The average Bonchev–Trinajstić information content (AvgIpc) is 3.00. The zero-order valence-corrected chi connectivity index (χ0v) is 10.2. The molecule has 3 N–H and O–H groups in total. The van der Waals surface area contributed by atoms with Crippen LogP contribution in [0.15, 0.2) is 12.1 Å². The number of nitrogens with one attached hydrogen (secondary N) is 1. The number of hydrogen-bond acceptors (Lipinski definition) is 4. The van der Waals surface area contributed by atoms with E-state index in [1.807, 2.05) is 5.32 Å². The van der Waals surface area contributed by atoms with E-state index < -0.39 is 17.6 Å². The summed E-state index contributed by atoms with van der Waals surface area (Å²) in [5.74, 6) is -0.201. The molecule has 1 aliphatic carbocycles. The van der Waals surface area contributed by atoms with Gasteiger partial charge < -0.3 is 20.5 Å². The van der Waals surface area contributed by atoms with E-state index in [2.05, 4.69) is 0 Å². The fraction of sp³-hybridized carbons (Fsp3) is 0.417. The van der Waals surface area contributed by atoms with Crippen molar-refractivity contribution in [1.82, 2.24) is 5.32 Å². The molecule has 1 aromatic rings. The van der Waals surface area contributed by atoms with Crippen molar-refractivity contribution in [3.63, 3.8) is 0 Å². The van der Waals surface area contributed by atoms with Crippen LogP contribution in [-0.2, 0) is 0 Å². The maximum Gasteiger partial charge on any atom is 0.411 e. The van der Waals surface area contributed by atoms with Crippen LogP contribution < -0.4 is 20.5 Å². The molecule has 8 heteroatoms. The fourth-order valence-electron chi connectivity index (χ4n) is 2.04. The Morgan fingerprint density at radius 3 is 2.40 bits per heavy atom. The summed E-state index contributed by atoms with van der Waals surface area (Å²) >= 11 is 0. The van der Waals surface area contributed by atoms with Gasteiger partial charge >= 0.3 is 6.18 Å². The molecule has 20 heavy (non-hydrogen) atoms. The van der Waals surface area contributed by atoms with E-state index in [9.17, 15) is 18.0 Å². The van der Waals surface area contributed by atoms with Gasteiger partial charge in [-0.05, 0) is 18.9 Å². The molecule has 1 fully saturated rings. The number of nitrogens with two attached hydrogens (primary N) is 1. The van der Waals surface area contributed by atoms with Crippen molar-refractivity contribution in [2.24, 2.45) is 0 Å². The van der Waals surface area contributed by atoms with Crippen LogP contribution in [0.25, 0.3) is 0 Å². The van der Waals surface area contributed by atoms with Gasteiger partial charge in [0.1, 0.15) is 5.54 Å². The molecule has 0 radical (unpaired) electrons. The van der Waals surface area contributed by atoms with Gasteiger partial charge in [-0.1, -0.05) is 0 Å². The van der Waals surface area contributed by atoms with Crippen LogP contribution in [0.5, 0.6) is 11.5 Å². The standard InChI is InChI=1S/C12H11F3N2O3/c13-12(14,15)11(1-2-11)17-10(18)6-3-8-9(4-7(6)16)20-5-19-8/h3-4H,1-2,5,16H2,(H,17,18). The van der Waals surface area contributed by atoms with Gasteiger partial charge in [0.2, 0.25) is 6.79 Å². The van der Waals surface area contributed by atoms with E-state index >= 15 is 0 Å². The lowest BCUT2D eigenvalue weighted by atomic mass is 10.1. The SMILES string of the molecule is Nc1cc2c(cc1C(=O)NC1(C(F)(F)F)CC1)OCO2. The van der Waals surface area contributed by atoms with Crippen molar-refractivity contribution in [3.8, 4) is 11.5 Å². The summed E-state index contributed by atoms with van der Waals surface area (Å²) in [6.45, 7) is -0.00760. The molecule has 0 bridgehead atoms. The lowest BCUT2D eigenvalue weighted by Crippen LogP contribution is -2.48. The molecule has 0 unspecified atom stereocenters. The molecule has 5 nitrogen and oxygen atoms in total. The van der Waals surface area contributed by atoms with E-state index in [0.29, 0.717) is 11.5 Å². The van der Waals surface area contributed by atoms with Crippen LogP contribution in [0, 0.1) is 0 Å². The molecule has 0 atom stereocenters. The average molecular weight is 288 g/mol. The molecule has 0 spiro atoms. The molecule has 0 aromatic heterocycles. The Morgan fingerprint density at radius 1 is 1.25 bits per heavy atom. The first-order chi connectivity index (χ1) is 9.32. The van der Waals surface area contributed by atoms with Crippen LogP contribution in [0.4, 0.5) is 18.9 Å². The highest BCUT2D eigenvalue weighted by Crippen LogP contribution is 2.49. The number of ether oxygens (including phenoxy) is 2. The first kappa shape index (κ1) is 12.9. The van der Waals surface area contributed by atoms with Crippen molar-refractivity contribution in [3.05, 3.63) is 17.7 Å². The molecule has 1 saturated carbocycles. The number of nitrogen functional groups attached to an aromatic ring is 1. The third kappa shape index (κ3) is 1.91. The summed E-state index contributed by atoms with van der Waals surface area (Å²) in [4.78, 5) is 12.0. The van der Waals surface area contributed by atoms with E-state index in [1.54, 1.807) is 0 Å². The highest BCUT2D eigenvalue weighted by Gasteiger charge is 2.64. The molecule has 0 saturated heterocycles. The van der Waals surface area contributed by atoms with Crippen molar-refractivity contribution in [2.75, 3.05) is 12.5 Å². The number of alkyl halides is 3. The Bertz CT molecular complexity index is 582. The van der Waals surface area contributed by atoms with Crippen LogP contribution in [0.2, 0.25) is 0 Å². The Kier molecular flexibility index (Phi) is 2.54.